The first-order chi connectivity index (χ1) is 21.2. The van der Waals surface area contributed by atoms with E-state index in [0.717, 1.165) is 56.2 Å². The first-order valence-electron chi connectivity index (χ1n) is 15.9. The number of fused-ring (bicyclic) bond motifs is 4. The summed E-state index contributed by atoms with van der Waals surface area (Å²) < 4.78 is 51.3. The molecule has 8 atom stereocenters. The van der Waals surface area contributed by atoms with Gasteiger partial charge >= 0.3 is 0 Å². The van der Waals surface area contributed by atoms with Gasteiger partial charge in [0.2, 0.25) is 5.79 Å². The zero-order chi connectivity index (χ0) is 30.6. The van der Waals surface area contributed by atoms with E-state index in [2.05, 4.69) is 19.9 Å². The first-order valence-corrected chi connectivity index (χ1v) is 15.9. The van der Waals surface area contributed by atoms with Crippen molar-refractivity contribution in [2.24, 2.45) is 38.3 Å². The molecule has 10 heteroatoms. The number of benzene rings is 1. The first kappa shape index (κ1) is 29.2. The summed E-state index contributed by atoms with van der Waals surface area (Å²) in [4.78, 5) is 4.91. The third-order valence-electron chi connectivity index (χ3n) is 13.3. The molecule has 4 unspecified atom stereocenters. The van der Waals surface area contributed by atoms with E-state index >= 15 is 0 Å². The Hall–Kier alpha value is -2.18. The van der Waals surface area contributed by atoms with Crippen LogP contribution in [0, 0.1) is 33.4 Å². The minimum atomic E-state index is -0.890. The normalized spacial score (nSPS) is 47.2. The third-order valence-corrected chi connectivity index (χ3v) is 13.3. The molecule has 0 bridgehead atoms. The number of hydrogen-bond donors (Lipinski definition) is 2. The van der Waals surface area contributed by atoms with Crippen molar-refractivity contribution in [3.05, 3.63) is 53.0 Å². The molecule has 5 aliphatic carbocycles. The number of rotatable bonds is 5. The smallest absolute Gasteiger partial charge is 0.226 e. The van der Waals surface area contributed by atoms with Gasteiger partial charge < -0.3 is 39.3 Å². The lowest BCUT2D eigenvalue weighted by atomic mass is 9.44. The van der Waals surface area contributed by atoms with E-state index in [9.17, 15) is 9.50 Å². The van der Waals surface area contributed by atoms with Gasteiger partial charge in [0.1, 0.15) is 24.8 Å². The molecule has 1 aromatic carbocycles. The Morgan fingerprint density at radius 1 is 1.18 bits per heavy atom. The van der Waals surface area contributed by atoms with Crippen molar-refractivity contribution in [2.45, 2.75) is 82.9 Å². The number of aliphatic hydroxyl groups is 1. The van der Waals surface area contributed by atoms with Crippen molar-refractivity contribution in [1.82, 2.24) is 0 Å². The molecular weight excluding hydrogens is 567 g/mol. The molecule has 8 rings (SSSR count). The van der Waals surface area contributed by atoms with E-state index in [4.69, 9.17) is 39.1 Å². The van der Waals surface area contributed by atoms with Crippen LogP contribution >= 0.6 is 0 Å². The largest absolute Gasteiger partial charge is 0.404 e. The number of methoxy groups -OCH3 is 1. The topological polar surface area (TPSA) is 114 Å². The number of halogens is 1. The molecule has 2 aliphatic heterocycles. The highest BCUT2D eigenvalue weighted by atomic mass is 19.1. The highest BCUT2D eigenvalue weighted by Crippen LogP contribution is 2.91. The molecule has 9 nitrogen and oxygen atoms in total. The predicted octanol–water partition coefficient (Wildman–Crippen LogP) is 4.99. The summed E-state index contributed by atoms with van der Waals surface area (Å²) >= 11 is 0. The summed E-state index contributed by atoms with van der Waals surface area (Å²) in [5, 5.41) is 9.59. The fourth-order valence-corrected chi connectivity index (χ4v) is 11.5. The van der Waals surface area contributed by atoms with E-state index in [1.165, 1.54) is 11.6 Å². The number of allylic oxidation sites excluding steroid dienone is 3. The van der Waals surface area contributed by atoms with Gasteiger partial charge in [0.05, 0.1) is 24.1 Å². The molecule has 6 fully saturated rings. The average Bonchev–Trinajstić information content (AvgIpc) is 3.25. The van der Waals surface area contributed by atoms with Gasteiger partial charge in [-0.1, -0.05) is 19.4 Å². The standard InChI is InChI=1S/C34H43FN2O7/c1-29-12-22(14-36)26(37-24-4-5-25(35)21(10-24)15-38)11-23(29)6-8-31-16-32(29,31)28(41-18-39-3)13-30(2)27(31)7-9-33(30)34(44-20-42-33)17-40-19-43-34/h4-5,10-11,14,27-28,38H,6-9,12-13,15-20,36H2,1-3H3/t27?,28-,29-,30-,31?,32?,33+,34?/m0/s1. The lowest BCUT2D eigenvalue weighted by Gasteiger charge is -2.62. The number of ether oxygens (including phenoxy) is 6. The monoisotopic (exact) mass is 610 g/mol. The lowest BCUT2D eigenvalue weighted by molar-refractivity contribution is -0.264. The Bertz CT molecular complexity index is 1470. The van der Waals surface area contributed by atoms with Crippen molar-refractivity contribution < 1.29 is 37.9 Å². The number of hydrogen-bond acceptors (Lipinski definition) is 9. The summed E-state index contributed by atoms with van der Waals surface area (Å²) in [7, 11) is 1.68. The molecule has 2 saturated heterocycles. The van der Waals surface area contributed by atoms with Gasteiger partial charge in [-0.25, -0.2) is 9.38 Å². The van der Waals surface area contributed by atoms with Crippen LogP contribution < -0.4 is 5.73 Å². The van der Waals surface area contributed by atoms with Gasteiger partial charge in [-0.2, -0.15) is 0 Å². The maximum Gasteiger partial charge on any atom is 0.226 e. The number of nitrogens with two attached hydrogens (primary N) is 1. The third kappa shape index (κ3) is 3.35. The van der Waals surface area contributed by atoms with E-state index in [1.807, 2.05) is 0 Å². The fraction of sp³-hybridized carbons (Fsp3) is 0.676. The van der Waals surface area contributed by atoms with Crippen molar-refractivity contribution in [3.63, 3.8) is 0 Å². The SMILES string of the molecule is COCO[C@H]1C[C@@]2(C)C(CC[C@@]23OCOC32COCO2)C23CCC4=CC(=Nc5ccc(F)c(CO)c5)C(=CN)C[C@]4(C)C12C3. The minimum Gasteiger partial charge on any atom is -0.404 e. The van der Waals surface area contributed by atoms with Gasteiger partial charge in [-0.15, -0.1) is 0 Å². The molecule has 7 aliphatic rings. The summed E-state index contributed by atoms with van der Waals surface area (Å²) in [6, 6.07) is 4.59. The maximum absolute atomic E-state index is 14.1. The number of nitrogens with zero attached hydrogens (tertiary/aromatic N) is 1. The van der Waals surface area contributed by atoms with Crippen LogP contribution in [0.3, 0.4) is 0 Å². The molecule has 238 valence electrons. The Morgan fingerprint density at radius 3 is 2.77 bits per heavy atom. The molecule has 4 saturated carbocycles. The van der Waals surface area contributed by atoms with Crippen molar-refractivity contribution in [2.75, 3.05) is 34.1 Å². The van der Waals surface area contributed by atoms with Crippen LogP contribution in [0.2, 0.25) is 0 Å². The van der Waals surface area contributed by atoms with Crippen molar-refractivity contribution in [3.8, 4) is 0 Å². The molecule has 3 N–H and O–H groups in total. The minimum absolute atomic E-state index is 0.0714. The molecule has 2 heterocycles. The number of aliphatic hydroxyl groups excluding tert-OH is 1. The fourth-order valence-electron chi connectivity index (χ4n) is 11.5. The summed E-state index contributed by atoms with van der Waals surface area (Å²) in [5.41, 5.74) is 9.20. The van der Waals surface area contributed by atoms with Gasteiger partial charge in [-0.3, -0.25) is 0 Å². The van der Waals surface area contributed by atoms with Gasteiger partial charge in [0, 0.05) is 28.9 Å². The van der Waals surface area contributed by atoms with E-state index in [-0.39, 0.29) is 60.3 Å². The lowest BCUT2D eigenvalue weighted by Crippen LogP contribution is -2.66. The highest BCUT2D eigenvalue weighted by Gasteiger charge is 2.89. The summed E-state index contributed by atoms with van der Waals surface area (Å²) in [5.74, 6) is -0.918. The van der Waals surface area contributed by atoms with Crippen LogP contribution in [0.4, 0.5) is 10.1 Å². The zero-order valence-electron chi connectivity index (χ0n) is 25.8. The number of aliphatic imine (C=N–C) groups is 1. The van der Waals surface area contributed by atoms with Crippen LogP contribution in [0.1, 0.15) is 64.4 Å². The average molecular weight is 611 g/mol. The second kappa shape index (κ2) is 9.67. The van der Waals surface area contributed by atoms with Crippen LogP contribution in [0.15, 0.2) is 46.6 Å². The molecule has 44 heavy (non-hydrogen) atoms. The molecule has 0 aromatic heterocycles. The van der Waals surface area contributed by atoms with E-state index < -0.39 is 17.2 Å². The van der Waals surface area contributed by atoms with Crippen molar-refractivity contribution in [1.29, 1.82) is 0 Å². The maximum atomic E-state index is 14.1. The highest BCUT2D eigenvalue weighted by molar-refractivity contribution is 6.11. The van der Waals surface area contributed by atoms with Crippen LogP contribution in [0.5, 0.6) is 0 Å². The molecule has 0 amide bonds. The molecular formula is C34H43FN2O7. The van der Waals surface area contributed by atoms with Crippen LogP contribution in [0.25, 0.3) is 0 Å². The Morgan fingerprint density at radius 2 is 2.02 bits per heavy atom. The van der Waals surface area contributed by atoms with E-state index in [0.29, 0.717) is 18.2 Å². The van der Waals surface area contributed by atoms with E-state index in [1.54, 1.807) is 25.4 Å². The molecule has 1 aromatic rings. The van der Waals surface area contributed by atoms with Gasteiger partial charge in [-0.05, 0) is 92.3 Å². The van der Waals surface area contributed by atoms with Gasteiger partial charge in [0.15, 0.2) is 13.6 Å². The Labute approximate surface area is 257 Å². The van der Waals surface area contributed by atoms with Crippen LogP contribution in [-0.4, -0.2) is 62.4 Å². The summed E-state index contributed by atoms with van der Waals surface area (Å²) in [6.45, 7) is 5.43. The quantitative estimate of drug-likeness (QED) is 0.449. The summed E-state index contributed by atoms with van der Waals surface area (Å²) in [6.07, 6.45) is 10.4. The zero-order valence-corrected chi connectivity index (χ0v) is 25.8. The Balaban J connectivity index is 1.21. The molecule has 2 spiro atoms. The van der Waals surface area contributed by atoms with Crippen molar-refractivity contribution >= 4 is 11.4 Å². The van der Waals surface area contributed by atoms with Crippen LogP contribution in [-0.2, 0) is 35.0 Å². The Kier molecular flexibility index (Phi) is 6.42. The molecule has 0 radical (unpaired) electrons. The second-order valence-corrected chi connectivity index (χ2v) is 14.5. The second-order valence-electron chi connectivity index (χ2n) is 14.5. The van der Waals surface area contributed by atoms with Gasteiger partial charge in [0.25, 0.3) is 0 Å². The predicted molar refractivity (Wildman–Crippen MR) is 158 cm³/mol.